The van der Waals surface area contributed by atoms with Crippen molar-refractivity contribution in [3.63, 3.8) is 0 Å². The van der Waals surface area contributed by atoms with Gasteiger partial charge >= 0.3 is 0 Å². The Bertz CT molecular complexity index is 1020. The predicted octanol–water partition coefficient (Wildman–Crippen LogP) is 3.22. The van der Waals surface area contributed by atoms with Crippen molar-refractivity contribution in [2.45, 2.75) is 18.6 Å². The molecule has 0 aliphatic carbocycles. The fraction of sp³-hybridized carbons (Fsp3) is 0.238. The normalized spacial score (nSPS) is 10.9. The van der Waals surface area contributed by atoms with Crippen molar-refractivity contribution in [3.8, 4) is 22.9 Å². The first-order valence-electron chi connectivity index (χ1n) is 9.31. The maximum absolute atomic E-state index is 12.2. The van der Waals surface area contributed by atoms with E-state index >= 15 is 0 Å². The molecule has 1 N–H and O–H groups in total. The third kappa shape index (κ3) is 5.18. The van der Waals surface area contributed by atoms with Crippen LogP contribution in [0.5, 0.6) is 11.5 Å². The first kappa shape index (κ1) is 21.4. The lowest BCUT2D eigenvalue weighted by atomic mass is 10.2. The standard InChI is InChI=1S/C21H23N5O3S/c1-4-26-20(15-8-6-5-7-9-15)24-25-21(26)30-14-19(27)23-22-13-16-12-17(28-2)10-11-18(16)29-3/h5-13H,4,14H2,1-3H3,(H,23,27)/b22-13-. The molecule has 1 heterocycles. The number of nitrogens with one attached hydrogen (secondary N) is 1. The molecule has 9 heteroatoms. The van der Waals surface area contributed by atoms with Crippen molar-refractivity contribution >= 4 is 23.9 Å². The zero-order valence-corrected chi connectivity index (χ0v) is 17.8. The van der Waals surface area contributed by atoms with E-state index in [1.165, 1.54) is 18.0 Å². The first-order valence-corrected chi connectivity index (χ1v) is 10.3. The monoisotopic (exact) mass is 425 g/mol. The summed E-state index contributed by atoms with van der Waals surface area (Å²) in [4.78, 5) is 12.2. The van der Waals surface area contributed by atoms with E-state index in [1.807, 2.05) is 41.8 Å². The van der Waals surface area contributed by atoms with E-state index in [-0.39, 0.29) is 11.7 Å². The number of ether oxygens (including phenoxy) is 2. The Labute approximate surface area is 179 Å². The topological polar surface area (TPSA) is 90.6 Å². The molecule has 0 atom stereocenters. The third-order valence-electron chi connectivity index (χ3n) is 4.23. The van der Waals surface area contributed by atoms with Crippen LogP contribution in [-0.4, -0.2) is 46.9 Å². The van der Waals surface area contributed by atoms with Crippen molar-refractivity contribution in [1.82, 2.24) is 20.2 Å². The largest absolute Gasteiger partial charge is 0.497 e. The van der Waals surface area contributed by atoms with Gasteiger partial charge in [0, 0.05) is 17.7 Å². The molecule has 3 rings (SSSR count). The summed E-state index contributed by atoms with van der Waals surface area (Å²) in [5.41, 5.74) is 4.21. The van der Waals surface area contributed by atoms with Gasteiger partial charge in [-0.1, -0.05) is 42.1 Å². The number of aromatic nitrogens is 3. The molecule has 0 radical (unpaired) electrons. The molecule has 2 aromatic carbocycles. The molecule has 1 aromatic heterocycles. The summed E-state index contributed by atoms with van der Waals surface area (Å²) in [6.45, 7) is 2.72. The minimum Gasteiger partial charge on any atom is -0.497 e. The van der Waals surface area contributed by atoms with Crippen molar-refractivity contribution in [3.05, 3.63) is 54.1 Å². The van der Waals surface area contributed by atoms with Gasteiger partial charge in [0.2, 0.25) is 0 Å². The molecule has 3 aromatic rings. The Kier molecular flexibility index (Phi) is 7.45. The fourth-order valence-electron chi connectivity index (χ4n) is 2.76. The van der Waals surface area contributed by atoms with Gasteiger partial charge in [0.25, 0.3) is 5.91 Å². The van der Waals surface area contributed by atoms with Gasteiger partial charge in [-0.15, -0.1) is 10.2 Å². The zero-order valence-electron chi connectivity index (χ0n) is 17.0. The summed E-state index contributed by atoms with van der Waals surface area (Å²) < 4.78 is 12.5. The molecule has 0 unspecified atom stereocenters. The van der Waals surface area contributed by atoms with Crippen LogP contribution in [0.1, 0.15) is 12.5 Å². The molecule has 156 valence electrons. The second-order valence-corrected chi connectivity index (χ2v) is 7.05. The molecule has 30 heavy (non-hydrogen) atoms. The van der Waals surface area contributed by atoms with E-state index < -0.39 is 0 Å². The maximum Gasteiger partial charge on any atom is 0.250 e. The van der Waals surface area contributed by atoms with Crippen LogP contribution >= 0.6 is 11.8 Å². The van der Waals surface area contributed by atoms with Gasteiger partial charge in [-0.3, -0.25) is 4.79 Å². The van der Waals surface area contributed by atoms with Gasteiger partial charge in [-0.2, -0.15) is 5.10 Å². The van der Waals surface area contributed by atoms with Crippen molar-refractivity contribution in [1.29, 1.82) is 0 Å². The smallest absolute Gasteiger partial charge is 0.250 e. The van der Waals surface area contributed by atoms with Gasteiger partial charge < -0.3 is 14.0 Å². The number of carbonyl (C=O) groups is 1. The molecule has 0 bridgehead atoms. The van der Waals surface area contributed by atoms with Crippen LogP contribution in [0.25, 0.3) is 11.4 Å². The van der Waals surface area contributed by atoms with Gasteiger partial charge in [0.1, 0.15) is 11.5 Å². The lowest BCUT2D eigenvalue weighted by molar-refractivity contribution is -0.118. The number of amides is 1. The van der Waals surface area contributed by atoms with E-state index in [2.05, 4.69) is 20.7 Å². The van der Waals surface area contributed by atoms with Crippen LogP contribution < -0.4 is 14.9 Å². The number of carbonyl (C=O) groups excluding carboxylic acids is 1. The number of hydrogen-bond acceptors (Lipinski definition) is 7. The van der Waals surface area contributed by atoms with Gasteiger partial charge in [-0.25, -0.2) is 5.43 Å². The van der Waals surface area contributed by atoms with E-state index in [4.69, 9.17) is 9.47 Å². The molecule has 0 aliphatic rings. The quantitative estimate of drug-likeness (QED) is 0.322. The summed E-state index contributed by atoms with van der Waals surface area (Å²) in [5.74, 6) is 2.01. The van der Waals surface area contributed by atoms with Crippen LogP contribution in [0.3, 0.4) is 0 Å². The molecule has 0 saturated heterocycles. The van der Waals surface area contributed by atoms with E-state index in [0.29, 0.717) is 28.8 Å². The van der Waals surface area contributed by atoms with E-state index in [0.717, 1.165) is 11.4 Å². The second kappa shape index (κ2) is 10.4. The second-order valence-electron chi connectivity index (χ2n) is 6.11. The van der Waals surface area contributed by atoms with E-state index in [9.17, 15) is 4.79 Å². The zero-order chi connectivity index (χ0) is 21.3. The van der Waals surface area contributed by atoms with Crippen LogP contribution in [0, 0.1) is 0 Å². The first-order chi connectivity index (χ1) is 14.7. The molecule has 0 spiro atoms. The van der Waals surface area contributed by atoms with Crippen LogP contribution in [0.2, 0.25) is 0 Å². The summed E-state index contributed by atoms with van der Waals surface area (Å²) in [7, 11) is 3.15. The minimum absolute atomic E-state index is 0.166. The highest BCUT2D eigenvalue weighted by molar-refractivity contribution is 7.99. The molecule has 1 amide bonds. The summed E-state index contributed by atoms with van der Waals surface area (Å²) >= 11 is 1.31. The third-order valence-corrected chi connectivity index (χ3v) is 5.19. The van der Waals surface area contributed by atoms with Gasteiger partial charge in [-0.05, 0) is 25.1 Å². The lowest BCUT2D eigenvalue weighted by Gasteiger charge is -2.07. The van der Waals surface area contributed by atoms with Crippen LogP contribution in [0.4, 0.5) is 0 Å². The van der Waals surface area contributed by atoms with Crippen molar-refractivity contribution in [2.75, 3.05) is 20.0 Å². The Balaban J connectivity index is 1.60. The number of nitrogens with zero attached hydrogens (tertiary/aromatic N) is 4. The van der Waals surface area contributed by atoms with E-state index in [1.54, 1.807) is 32.4 Å². The molecular weight excluding hydrogens is 402 g/mol. The molecule has 0 saturated carbocycles. The van der Waals surface area contributed by atoms with Crippen molar-refractivity contribution < 1.29 is 14.3 Å². The Morgan fingerprint density at radius 1 is 1.17 bits per heavy atom. The summed E-state index contributed by atoms with van der Waals surface area (Å²) in [5, 5.41) is 13.2. The van der Waals surface area contributed by atoms with Crippen molar-refractivity contribution in [2.24, 2.45) is 5.10 Å². The highest BCUT2D eigenvalue weighted by Gasteiger charge is 2.14. The Morgan fingerprint density at radius 2 is 1.97 bits per heavy atom. The molecule has 8 nitrogen and oxygen atoms in total. The predicted molar refractivity (Wildman–Crippen MR) is 117 cm³/mol. The average Bonchev–Trinajstić information content (AvgIpc) is 3.21. The van der Waals surface area contributed by atoms with Crippen LogP contribution in [-0.2, 0) is 11.3 Å². The van der Waals surface area contributed by atoms with Gasteiger partial charge in [0.05, 0.1) is 26.2 Å². The molecule has 0 aliphatic heterocycles. The minimum atomic E-state index is -0.245. The fourth-order valence-corrected chi connectivity index (χ4v) is 3.55. The number of benzene rings is 2. The summed E-state index contributed by atoms with van der Waals surface area (Å²) in [6, 6.07) is 15.2. The van der Waals surface area contributed by atoms with Crippen LogP contribution in [0.15, 0.2) is 58.8 Å². The number of hydrazone groups is 1. The number of rotatable bonds is 9. The molecular formula is C21H23N5O3S. The maximum atomic E-state index is 12.2. The Hall–Kier alpha value is -3.33. The lowest BCUT2D eigenvalue weighted by Crippen LogP contribution is -2.20. The number of methoxy groups -OCH3 is 2. The highest BCUT2D eigenvalue weighted by Crippen LogP contribution is 2.24. The highest BCUT2D eigenvalue weighted by atomic mass is 32.2. The summed E-state index contributed by atoms with van der Waals surface area (Å²) in [6.07, 6.45) is 1.52. The SMILES string of the molecule is CCn1c(SCC(=O)N/N=C\c2cc(OC)ccc2OC)nnc1-c1ccccc1. The van der Waals surface area contributed by atoms with Gasteiger partial charge in [0.15, 0.2) is 11.0 Å². The average molecular weight is 426 g/mol. The Morgan fingerprint density at radius 3 is 2.67 bits per heavy atom. The number of hydrogen-bond donors (Lipinski definition) is 1. The molecule has 0 fully saturated rings. The number of thioether (sulfide) groups is 1.